The lowest BCUT2D eigenvalue weighted by molar-refractivity contribution is 0.165. The topological polar surface area (TPSA) is 0 Å². The fourth-order valence-corrected chi connectivity index (χ4v) is 8.02. The number of allylic oxidation sites excluding steroid dienone is 8. The third kappa shape index (κ3) is 4.72. The summed E-state index contributed by atoms with van der Waals surface area (Å²) in [6.07, 6.45) is 28.0. The SMILES string of the molecule is C1=CC2=CC=CC2=C1.CCCCC1(CC)CC(C2CCCCC2)Cc2c1ccc1c2ccc2ccccc21. The summed E-state index contributed by atoms with van der Waals surface area (Å²) < 4.78 is 0. The van der Waals surface area contributed by atoms with Crippen LogP contribution < -0.4 is 0 Å². The van der Waals surface area contributed by atoms with Crippen molar-refractivity contribution in [2.24, 2.45) is 11.8 Å². The summed E-state index contributed by atoms with van der Waals surface area (Å²) in [4.78, 5) is 0. The molecule has 0 radical (unpaired) electrons. The van der Waals surface area contributed by atoms with Gasteiger partial charge in [0.15, 0.2) is 0 Å². The van der Waals surface area contributed by atoms with Crippen LogP contribution in [0.2, 0.25) is 0 Å². The quantitative estimate of drug-likeness (QED) is 0.306. The van der Waals surface area contributed by atoms with Crippen molar-refractivity contribution in [2.45, 2.75) is 89.9 Å². The predicted molar refractivity (Wildman–Crippen MR) is 166 cm³/mol. The van der Waals surface area contributed by atoms with Crippen molar-refractivity contribution in [1.82, 2.24) is 0 Å². The Balaban J connectivity index is 0.000000279. The second-order valence-corrected chi connectivity index (χ2v) is 12.2. The Labute approximate surface area is 230 Å². The van der Waals surface area contributed by atoms with Gasteiger partial charge in [0, 0.05) is 0 Å². The van der Waals surface area contributed by atoms with Gasteiger partial charge in [0.1, 0.15) is 0 Å². The zero-order chi connectivity index (χ0) is 26.0. The van der Waals surface area contributed by atoms with Crippen LogP contribution in [0.4, 0.5) is 0 Å². The Kier molecular flexibility index (Phi) is 7.42. The number of benzene rings is 3. The third-order valence-corrected chi connectivity index (χ3v) is 10.2. The molecular weight excluding hydrogens is 456 g/mol. The second-order valence-electron chi connectivity index (χ2n) is 12.2. The summed E-state index contributed by atoms with van der Waals surface area (Å²) in [5.41, 5.74) is 6.51. The van der Waals surface area contributed by atoms with Crippen molar-refractivity contribution in [3.8, 4) is 0 Å². The first kappa shape index (κ1) is 25.4. The maximum Gasteiger partial charge on any atom is -0.00438 e. The first-order valence-corrected chi connectivity index (χ1v) is 15.4. The van der Waals surface area contributed by atoms with E-state index < -0.39 is 0 Å². The number of hydrogen-bond acceptors (Lipinski definition) is 0. The molecule has 3 aromatic rings. The van der Waals surface area contributed by atoms with E-state index in [2.05, 4.69) is 98.8 Å². The van der Waals surface area contributed by atoms with E-state index in [4.69, 9.17) is 0 Å². The molecule has 7 rings (SSSR count). The van der Waals surface area contributed by atoms with Gasteiger partial charge in [-0.15, -0.1) is 0 Å². The van der Waals surface area contributed by atoms with Crippen LogP contribution in [0.3, 0.4) is 0 Å². The van der Waals surface area contributed by atoms with E-state index in [-0.39, 0.29) is 0 Å². The Morgan fingerprint density at radius 1 is 0.737 bits per heavy atom. The highest BCUT2D eigenvalue weighted by atomic mass is 14.5. The molecule has 4 aliphatic carbocycles. The Bertz CT molecular complexity index is 1400. The fraction of sp³-hybridized carbons (Fsp3) is 0.421. The number of fused-ring (bicyclic) bond motifs is 6. The lowest BCUT2D eigenvalue weighted by Crippen LogP contribution is -2.38. The smallest absolute Gasteiger partial charge is 0.00438 e. The second kappa shape index (κ2) is 11.1. The normalized spacial score (nSPS) is 24.1. The Morgan fingerprint density at radius 3 is 2.21 bits per heavy atom. The molecule has 0 amide bonds. The van der Waals surface area contributed by atoms with E-state index in [1.807, 2.05) is 0 Å². The summed E-state index contributed by atoms with van der Waals surface area (Å²) in [7, 11) is 0. The molecule has 38 heavy (non-hydrogen) atoms. The molecular formula is C38H44. The highest BCUT2D eigenvalue weighted by molar-refractivity contribution is 6.08. The average Bonchev–Trinajstić information content (AvgIpc) is 3.62. The van der Waals surface area contributed by atoms with Gasteiger partial charge in [-0.2, -0.15) is 0 Å². The molecule has 0 spiro atoms. The molecule has 0 heterocycles. The maximum atomic E-state index is 2.54. The van der Waals surface area contributed by atoms with E-state index in [1.54, 1.807) is 16.5 Å². The number of rotatable bonds is 5. The van der Waals surface area contributed by atoms with Gasteiger partial charge in [-0.1, -0.05) is 144 Å². The van der Waals surface area contributed by atoms with Crippen molar-refractivity contribution in [3.05, 3.63) is 107 Å². The molecule has 3 aromatic carbocycles. The largest absolute Gasteiger partial charge is 0.0654 e. The fourth-order valence-electron chi connectivity index (χ4n) is 8.02. The molecule has 2 atom stereocenters. The maximum absolute atomic E-state index is 2.54. The lowest BCUT2D eigenvalue weighted by atomic mass is 9.58. The van der Waals surface area contributed by atoms with Crippen molar-refractivity contribution in [1.29, 1.82) is 0 Å². The first-order chi connectivity index (χ1) is 18.7. The summed E-state index contributed by atoms with van der Waals surface area (Å²) in [6, 6.07) is 18.7. The van der Waals surface area contributed by atoms with E-state index in [9.17, 15) is 0 Å². The number of hydrogen-bond donors (Lipinski definition) is 0. The van der Waals surface area contributed by atoms with Crippen LogP contribution in [-0.4, -0.2) is 0 Å². The van der Waals surface area contributed by atoms with Crippen LogP contribution in [0.1, 0.15) is 89.2 Å². The molecule has 196 valence electrons. The zero-order valence-electron chi connectivity index (χ0n) is 23.5. The van der Waals surface area contributed by atoms with E-state index >= 15 is 0 Å². The standard InChI is InChI=1S/C30H38.C8H6/c1-3-5-19-30(4-2)21-24(22-11-7-6-8-12-22)20-28-27-16-15-23-13-9-10-14-25(23)26(27)17-18-29(28)30;1-3-7-5-2-6-8(7)4-1/h9-10,13-18,22,24H,3-8,11-12,19-21H2,1-2H3;1-6H. The van der Waals surface area contributed by atoms with Gasteiger partial charge in [-0.25, -0.2) is 0 Å². The van der Waals surface area contributed by atoms with E-state index in [1.165, 1.54) is 97.9 Å². The number of unbranched alkanes of at least 4 members (excludes halogenated alkanes) is 1. The van der Waals surface area contributed by atoms with Crippen molar-refractivity contribution in [3.63, 3.8) is 0 Å². The van der Waals surface area contributed by atoms with Crippen LogP contribution in [0.25, 0.3) is 21.5 Å². The molecule has 0 nitrogen and oxygen atoms in total. The minimum Gasteiger partial charge on any atom is -0.0654 e. The molecule has 0 bridgehead atoms. The molecule has 1 saturated carbocycles. The summed E-state index contributed by atoms with van der Waals surface area (Å²) in [5, 5.41) is 5.81. The van der Waals surface area contributed by atoms with E-state index in [0.717, 1.165) is 11.8 Å². The molecule has 0 heteroatoms. The molecule has 0 N–H and O–H groups in total. The van der Waals surface area contributed by atoms with Gasteiger partial charge < -0.3 is 0 Å². The van der Waals surface area contributed by atoms with Crippen molar-refractivity contribution < 1.29 is 0 Å². The minimum atomic E-state index is 0.394. The monoisotopic (exact) mass is 500 g/mol. The van der Waals surface area contributed by atoms with Crippen LogP contribution in [0.15, 0.2) is 96.1 Å². The van der Waals surface area contributed by atoms with E-state index in [0.29, 0.717) is 5.41 Å². The highest BCUT2D eigenvalue weighted by Crippen LogP contribution is 2.51. The molecule has 0 aliphatic heterocycles. The van der Waals surface area contributed by atoms with Crippen LogP contribution in [-0.2, 0) is 11.8 Å². The zero-order valence-corrected chi connectivity index (χ0v) is 23.5. The lowest BCUT2D eigenvalue weighted by Gasteiger charge is -2.46. The van der Waals surface area contributed by atoms with Crippen LogP contribution >= 0.6 is 0 Å². The van der Waals surface area contributed by atoms with Gasteiger partial charge in [0.2, 0.25) is 0 Å². The molecule has 1 fully saturated rings. The van der Waals surface area contributed by atoms with Crippen molar-refractivity contribution >= 4 is 21.5 Å². The van der Waals surface area contributed by atoms with Gasteiger partial charge >= 0.3 is 0 Å². The molecule has 2 unspecified atom stereocenters. The first-order valence-electron chi connectivity index (χ1n) is 15.4. The van der Waals surface area contributed by atoms with Gasteiger partial charge in [-0.3, -0.25) is 0 Å². The summed E-state index contributed by atoms with van der Waals surface area (Å²) in [5.74, 6) is 1.84. The van der Waals surface area contributed by atoms with Crippen LogP contribution in [0.5, 0.6) is 0 Å². The minimum absolute atomic E-state index is 0.394. The molecule has 0 saturated heterocycles. The molecule has 4 aliphatic rings. The van der Waals surface area contributed by atoms with Crippen LogP contribution in [0, 0.1) is 11.8 Å². The Hall–Kier alpha value is -2.86. The van der Waals surface area contributed by atoms with Gasteiger partial charge in [-0.05, 0) is 86.8 Å². The Morgan fingerprint density at radius 2 is 1.47 bits per heavy atom. The summed E-state index contributed by atoms with van der Waals surface area (Å²) >= 11 is 0. The summed E-state index contributed by atoms with van der Waals surface area (Å²) in [6.45, 7) is 4.82. The highest BCUT2D eigenvalue weighted by Gasteiger charge is 2.41. The predicted octanol–water partition coefficient (Wildman–Crippen LogP) is 11.0. The van der Waals surface area contributed by atoms with Gasteiger partial charge in [0.05, 0.1) is 0 Å². The third-order valence-electron chi connectivity index (χ3n) is 10.2. The van der Waals surface area contributed by atoms with Gasteiger partial charge in [0.25, 0.3) is 0 Å². The van der Waals surface area contributed by atoms with Crippen molar-refractivity contribution in [2.75, 3.05) is 0 Å². The average molecular weight is 501 g/mol. The molecule has 0 aromatic heterocycles.